The lowest BCUT2D eigenvalue weighted by Gasteiger charge is -2.07. The van der Waals surface area contributed by atoms with Gasteiger partial charge >= 0.3 is 0 Å². The molecule has 0 bridgehead atoms. The van der Waals surface area contributed by atoms with Crippen LogP contribution in [0.15, 0.2) is 12.1 Å². The molecule has 66 valence electrons. The fourth-order valence-electron chi connectivity index (χ4n) is 1.13. The van der Waals surface area contributed by atoms with Gasteiger partial charge in [0.1, 0.15) is 5.82 Å². The molecule has 0 saturated heterocycles. The number of halogens is 2. The van der Waals surface area contributed by atoms with Crippen molar-refractivity contribution in [1.82, 2.24) is 0 Å². The number of hydrogen-bond acceptors (Lipinski definition) is 1. The van der Waals surface area contributed by atoms with E-state index in [0.29, 0.717) is 5.56 Å². The zero-order valence-corrected chi connectivity index (χ0v) is 7.53. The molecule has 3 heteroatoms. The van der Waals surface area contributed by atoms with Gasteiger partial charge in [0.15, 0.2) is 0 Å². The third-order valence-electron chi connectivity index (χ3n) is 1.83. The summed E-state index contributed by atoms with van der Waals surface area (Å²) in [7, 11) is 0. The smallest absolute Gasteiger partial charge is 0.142 e. The number of rotatable bonds is 2. The topological polar surface area (TPSA) is 20.2 Å². The number of aliphatic hydroxyl groups excluding tert-OH is 1. The van der Waals surface area contributed by atoms with Crippen LogP contribution in [0.25, 0.3) is 0 Å². The molecule has 0 aliphatic rings. The van der Waals surface area contributed by atoms with Gasteiger partial charge in [-0.05, 0) is 18.1 Å². The van der Waals surface area contributed by atoms with E-state index in [1.807, 2.05) is 6.92 Å². The van der Waals surface area contributed by atoms with E-state index >= 15 is 0 Å². The van der Waals surface area contributed by atoms with Gasteiger partial charge in [0.25, 0.3) is 0 Å². The fourth-order valence-corrected chi connectivity index (χ4v) is 1.38. The Morgan fingerprint density at radius 3 is 2.67 bits per heavy atom. The van der Waals surface area contributed by atoms with E-state index in [2.05, 4.69) is 0 Å². The van der Waals surface area contributed by atoms with Gasteiger partial charge in [-0.1, -0.05) is 24.6 Å². The van der Waals surface area contributed by atoms with Crippen molar-refractivity contribution >= 4 is 11.6 Å². The van der Waals surface area contributed by atoms with Crippen LogP contribution in [0, 0.1) is 5.82 Å². The molecule has 0 radical (unpaired) electrons. The molecule has 0 amide bonds. The van der Waals surface area contributed by atoms with Crippen LogP contribution in [-0.2, 0) is 13.0 Å². The summed E-state index contributed by atoms with van der Waals surface area (Å²) < 4.78 is 12.8. The lowest BCUT2D eigenvalue weighted by molar-refractivity contribution is 0.280. The zero-order chi connectivity index (χ0) is 9.14. The first-order valence-electron chi connectivity index (χ1n) is 3.77. The van der Waals surface area contributed by atoms with Crippen LogP contribution >= 0.6 is 11.6 Å². The highest BCUT2D eigenvalue weighted by Gasteiger charge is 2.08. The van der Waals surface area contributed by atoms with Gasteiger partial charge in [0.05, 0.1) is 11.6 Å². The van der Waals surface area contributed by atoms with Crippen molar-refractivity contribution in [1.29, 1.82) is 0 Å². The predicted octanol–water partition coefficient (Wildman–Crippen LogP) is 2.53. The van der Waals surface area contributed by atoms with E-state index < -0.39 is 5.82 Å². The molecule has 1 aromatic rings. The summed E-state index contributed by atoms with van der Waals surface area (Å²) in [6.45, 7) is 1.72. The van der Waals surface area contributed by atoms with Crippen LogP contribution in [0.5, 0.6) is 0 Å². The molecular formula is C9H10ClFO. The van der Waals surface area contributed by atoms with Gasteiger partial charge in [0.2, 0.25) is 0 Å². The van der Waals surface area contributed by atoms with Crippen LogP contribution in [0.3, 0.4) is 0 Å². The van der Waals surface area contributed by atoms with Crippen LogP contribution in [0.1, 0.15) is 18.1 Å². The molecule has 0 aliphatic heterocycles. The monoisotopic (exact) mass is 188 g/mol. The van der Waals surface area contributed by atoms with Gasteiger partial charge in [-0.25, -0.2) is 4.39 Å². The van der Waals surface area contributed by atoms with E-state index in [9.17, 15) is 4.39 Å². The molecule has 0 aromatic heterocycles. The number of aliphatic hydroxyl groups is 1. The Bertz CT molecular complexity index is 286. The number of benzene rings is 1. The largest absolute Gasteiger partial charge is 0.392 e. The number of aryl methyl sites for hydroxylation is 1. The van der Waals surface area contributed by atoms with Crippen LogP contribution in [0.4, 0.5) is 4.39 Å². The molecule has 12 heavy (non-hydrogen) atoms. The maximum Gasteiger partial charge on any atom is 0.142 e. The standard InChI is InChI=1S/C9H10ClFO/c1-2-6-3-4-8(11)9(10)7(6)5-12/h3-4,12H,2,5H2,1H3. The Labute approximate surface area is 75.8 Å². The van der Waals surface area contributed by atoms with Crippen molar-refractivity contribution in [3.8, 4) is 0 Å². The summed E-state index contributed by atoms with van der Waals surface area (Å²) in [4.78, 5) is 0. The maximum atomic E-state index is 12.8. The van der Waals surface area contributed by atoms with Crippen molar-refractivity contribution in [2.45, 2.75) is 20.0 Å². The van der Waals surface area contributed by atoms with Crippen molar-refractivity contribution in [3.05, 3.63) is 34.1 Å². The Hall–Kier alpha value is -0.600. The summed E-state index contributed by atoms with van der Waals surface area (Å²) in [6, 6.07) is 2.97. The molecule has 0 aliphatic carbocycles. The third-order valence-corrected chi connectivity index (χ3v) is 2.24. The first kappa shape index (κ1) is 9.49. The van der Waals surface area contributed by atoms with E-state index in [1.165, 1.54) is 6.07 Å². The minimum atomic E-state index is -0.474. The van der Waals surface area contributed by atoms with Crippen LogP contribution in [-0.4, -0.2) is 5.11 Å². The Kier molecular flexibility index (Phi) is 3.06. The van der Waals surface area contributed by atoms with Crippen molar-refractivity contribution < 1.29 is 9.50 Å². The maximum absolute atomic E-state index is 12.8. The van der Waals surface area contributed by atoms with Gasteiger partial charge in [-0.3, -0.25) is 0 Å². The second-order valence-electron chi connectivity index (χ2n) is 2.51. The lowest BCUT2D eigenvalue weighted by atomic mass is 10.1. The summed E-state index contributed by atoms with van der Waals surface area (Å²) in [5.74, 6) is -0.474. The zero-order valence-electron chi connectivity index (χ0n) is 6.77. The minimum Gasteiger partial charge on any atom is -0.392 e. The highest BCUT2D eigenvalue weighted by Crippen LogP contribution is 2.23. The van der Waals surface area contributed by atoms with E-state index in [1.54, 1.807) is 6.07 Å². The molecule has 0 saturated carbocycles. The fraction of sp³-hybridized carbons (Fsp3) is 0.333. The molecule has 1 rings (SSSR count). The van der Waals surface area contributed by atoms with Gasteiger partial charge < -0.3 is 5.11 Å². The van der Waals surface area contributed by atoms with Gasteiger partial charge in [-0.15, -0.1) is 0 Å². The summed E-state index contributed by atoms with van der Waals surface area (Å²) in [5.41, 5.74) is 1.39. The van der Waals surface area contributed by atoms with Gasteiger partial charge in [0, 0.05) is 5.56 Å². The SMILES string of the molecule is CCc1ccc(F)c(Cl)c1CO. The molecule has 0 unspecified atom stereocenters. The Morgan fingerprint density at radius 1 is 1.50 bits per heavy atom. The first-order valence-corrected chi connectivity index (χ1v) is 4.15. The highest BCUT2D eigenvalue weighted by molar-refractivity contribution is 6.31. The van der Waals surface area contributed by atoms with Crippen molar-refractivity contribution in [3.63, 3.8) is 0 Å². The van der Waals surface area contributed by atoms with E-state index in [-0.39, 0.29) is 11.6 Å². The minimum absolute atomic E-state index is 0.0388. The van der Waals surface area contributed by atoms with Gasteiger partial charge in [-0.2, -0.15) is 0 Å². The molecule has 1 aromatic carbocycles. The first-order chi connectivity index (χ1) is 5.70. The molecule has 0 heterocycles. The molecule has 1 N–H and O–H groups in total. The molecule has 1 nitrogen and oxygen atoms in total. The Balaban J connectivity index is 3.25. The average molecular weight is 189 g/mol. The normalized spacial score (nSPS) is 10.3. The lowest BCUT2D eigenvalue weighted by Crippen LogP contribution is -1.95. The second kappa shape index (κ2) is 3.87. The van der Waals surface area contributed by atoms with Crippen LogP contribution in [0.2, 0.25) is 5.02 Å². The van der Waals surface area contributed by atoms with E-state index in [0.717, 1.165) is 12.0 Å². The molecule has 0 spiro atoms. The Morgan fingerprint density at radius 2 is 2.17 bits per heavy atom. The van der Waals surface area contributed by atoms with E-state index in [4.69, 9.17) is 16.7 Å². The molecule has 0 atom stereocenters. The number of hydrogen-bond donors (Lipinski definition) is 1. The van der Waals surface area contributed by atoms with Crippen molar-refractivity contribution in [2.24, 2.45) is 0 Å². The predicted molar refractivity (Wildman–Crippen MR) is 46.7 cm³/mol. The summed E-state index contributed by atoms with van der Waals surface area (Å²) in [5, 5.41) is 8.94. The molecule has 0 fully saturated rings. The molecular weight excluding hydrogens is 179 g/mol. The third kappa shape index (κ3) is 1.59. The van der Waals surface area contributed by atoms with Crippen molar-refractivity contribution in [2.75, 3.05) is 0 Å². The second-order valence-corrected chi connectivity index (χ2v) is 2.89. The average Bonchev–Trinajstić information content (AvgIpc) is 2.09. The highest BCUT2D eigenvalue weighted by atomic mass is 35.5. The quantitative estimate of drug-likeness (QED) is 0.756. The van der Waals surface area contributed by atoms with Crippen LogP contribution < -0.4 is 0 Å². The summed E-state index contributed by atoms with van der Waals surface area (Å²) in [6.07, 6.45) is 0.746. The summed E-state index contributed by atoms with van der Waals surface area (Å²) >= 11 is 5.64.